The fourth-order valence-corrected chi connectivity index (χ4v) is 3.25. The van der Waals surface area contributed by atoms with Gasteiger partial charge in [-0.25, -0.2) is 23.4 Å². The topological polar surface area (TPSA) is 107 Å². The molecule has 0 spiro atoms. The number of pyridine rings is 1. The van der Waals surface area contributed by atoms with E-state index in [-0.39, 0.29) is 11.4 Å². The third-order valence-electron chi connectivity index (χ3n) is 3.64. The molecule has 0 aliphatic carbocycles. The molecule has 7 nitrogen and oxygen atoms in total. The summed E-state index contributed by atoms with van der Waals surface area (Å²) in [4.78, 5) is 8.88. The van der Waals surface area contributed by atoms with E-state index in [1.807, 2.05) is 6.08 Å². The van der Waals surface area contributed by atoms with Gasteiger partial charge in [0.15, 0.2) is 5.84 Å². The van der Waals surface area contributed by atoms with Crippen molar-refractivity contribution in [1.82, 2.24) is 14.8 Å². The van der Waals surface area contributed by atoms with Crippen molar-refractivity contribution in [2.24, 2.45) is 10.8 Å². The van der Waals surface area contributed by atoms with Crippen molar-refractivity contribution in [3.05, 3.63) is 54.6 Å². The molecule has 28 heavy (non-hydrogen) atoms. The van der Waals surface area contributed by atoms with Crippen molar-refractivity contribution >= 4 is 29.1 Å². The number of unbranched alkanes of at least 4 members (excludes halogenated alkanes) is 1. The summed E-state index contributed by atoms with van der Waals surface area (Å²) in [6.45, 7) is 5.74. The highest BCUT2D eigenvalue weighted by molar-refractivity contribution is 7.98. The van der Waals surface area contributed by atoms with Gasteiger partial charge < -0.3 is 11.2 Å². The molecule has 150 valence electrons. The summed E-state index contributed by atoms with van der Waals surface area (Å²) < 4.78 is 28.2. The Morgan fingerprint density at radius 3 is 2.93 bits per heavy atom. The normalized spacial score (nSPS) is 12.1. The molecule has 0 aliphatic heterocycles. The molecule has 2 rings (SSSR count). The van der Waals surface area contributed by atoms with Gasteiger partial charge in [0.05, 0.1) is 11.9 Å². The number of nitrogens with zero attached hydrogens (tertiary/aromatic N) is 4. The Hall–Kier alpha value is -2.72. The molecule has 0 amide bonds. The standard InChI is InChI=1S/C18H23F2N7S/c1-3-5-6-7-23-16(4-2)27-10-12(17(26-27)18(19)20)11-28-14-8-15(21)24-9-13(14)25-22/h4,6-10,18,25H,2-3,5,11,22H2,1H3,(H2,21,24)/b7-6-,23-16+. The molecule has 0 radical (unpaired) electrons. The molecule has 0 fully saturated rings. The van der Waals surface area contributed by atoms with Gasteiger partial charge in [-0.05, 0) is 18.6 Å². The van der Waals surface area contributed by atoms with Crippen LogP contribution in [-0.2, 0) is 5.75 Å². The van der Waals surface area contributed by atoms with Crippen LogP contribution in [0.4, 0.5) is 20.3 Å². The van der Waals surface area contributed by atoms with E-state index in [0.29, 0.717) is 27.8 Å². The zero-order valence-corrected chi connectivity index (χ0v) is 16.3. The fraction of sp³-hybridized carbons (Fsp3) is 0.278. The van der Waals surface area contributed by atoms with Gasteiger partial charge in [-0.15, -0.1) is 11.8 Å². The zero-order chi connectivity index (χ0) is 20.5. The molecule has 0 bridgehead atoms. The number of thioether (sulfide) groups is 1. The quantitative estimate of drug-likeness (QED) is 0.190. The Kier molecular flexibility index (Phi) is 8.15. The summed E-state index contributed by atoms with van der Waals surface area (Å²) in [6.07, 6.45) is 7.16. The van der Waals surface area contributed by atoms with Crippen LogP contribution in [0.1, 0.15) is 37.4 Å². The number of aromatic nitrogens is 3. The van der Waals surface area contributed by atoms with Crippen LogP contribution >= 0.6 is 11.8 Å². The lowest BCUT2D eigenvalue weighted by atomic mass is 10.3. The molecule has 2 aromatic heterocycles. The second kappa shape index (κ2) is 10.6. The Morgan fingerprint density at radius 1 is 1.50 bits per heavy atom. The monoisotopic (exact) mass is 407 g/mol. The number of hydrazine groups is 1. The first kappa shape index (κ1) is 21.6. The van der Waals surface area contributed by atoms with Crippen LogP contribution in [0.15, 0.2) is 53.3 Å². The summed E-state index contributed by atoms with van der Waals surface area (Å²) >= 11 is 1.30. The molecule has 10 heteroatoms. The van der Waals surface area contributed by atoms with E-state index < -0.39 is 6.43 Å². The summed E-state index contributed by atoms with van der Waals surface area (Å²) in [6, 6.07) is 1.63. The van der Waals surface area contributed by atoms with Crippen molar-refractivity contribution in [1.29, 1.82) is 0 Å². The first-order chi connectivity index (χ1) is 13.5. The number of nitrogen functional groups attached to an aromatic ring is 2. The largest absolute Gasteiger partial charge is 0.384 e. The van der Waals surface area contributed by atoms with Crippen LogP contribution < -0.4 is 17.0 Å². The lowest BCUT2D eigenvalue weighted by Gasteiger charge is -2.08. The van der Waals surface area contributed by atoms with Crippen molar-refractivity contribution in [2.45, 2.75) is 36.8 Å². The van der Waals surface area contributed by atoms with Crippen LogP contribution in [0, 0.1) is 0 Å². The van der Waals surface area contributed by atoms with Gasteiger partial charge in [-0.2, -0.15) is 5.10 Å². The van der Waals surface area contributed by atoms with Crippen molar-refractivity contribution in [3.63, 3.8) is 0 Å². The SMILES string of the molecule is C=C/C(=N\C=C/CCC)n1cc(CSc2cc(N)ncc2NN)c(C(F)F)n1. The number of nitrogens with two attached hydrogens (primary N) is 2. The Morgan fingerprint density at radius 2 is 2.29 bits per heavy atom. The van der Waals surface area contributed by atoms with E-state index in [1.54, 1.807) is 12.3 Å². The third kappa shape index (κ3) is 5.64. The number of allylic oxidation sites excluding steroid dienone is 2. The first-order valence-electron chi connectivity index (χ1n) is 8.57. The van der Waals surface area contributed by atoms with E-state index in [1.165, 1.54) is 34.9 Å². The molecule has 0 aromatic carbocycles. The van der Waals surface area contributed by atoms with Crippen LogP contribution in [0.5, 0.6) is 0 Å². The molecule has 0 atom stereocenters. The lowest BCUT2D eigenvalue weighted by Crippen LogP contribution is -2.09. The van der Waals surface area contributed by atoms with Crippen molar-refractivity contribution in [2.75, 3.05) is 11.2 Å². The molecule has 5 N–H and O–H groups in total. The molecule has 0 saturated carbocycles. The Labute approximate surface area is 166 Å². The van der Waals surface area contributed by atoms with Crippen molar-refractivity contribution in [3.8, 4) is 0 Å². The summed E-state index contributed by atoms with van der Waals surface area (Å²) in [5.74, 6) is 6.38. The van der Waals surface area contributed by atoms with E-state index >= 15 is 0 Å². The maximum atomic E-state index is 13.5. The maximum absolute atomic E-state index is 13.5. The highest BCUT2D eigenvalue weighted by atomic mass is 32.2. The van der Waals surface area contributed by atoms with E-state index in [9.17, 15) is 8.78 Å². The van der Waals surface area contributed by atoms with Gasteiger partial charge in [0.25, 0.3) is 6.43 Å². The lowest BCUT2D eigenvalue weighted by molar-refractivity contribution is 0.145. The second-order valence-electron chi connectivity index (χ2n) is 5.69. The van der Waals surface area contributed by atoms with E-state index in [4.69, 9.17) is 11.6 Å². The maximum Gasteiger partial charge on any atom is 0.282 e. The predicted octanol–water partition coefficient (Wildman–Crippen LogP) is 4.12. The number of rotatable bonds is 9. The first-order valence-corrected chi connectivity index (χ1v) is 9.55. The number of aliphatic imine (C=N–C) groups is 1. The fourth-order valence-electron chi connectivity index (χ4n) is 2.25. The van der Waals surface area contributed by atoms with E-state index in [2.05, 4.69) is 34.0 Å². The minimum atomic E-state index is -2.71. The van der Waals surface area contributed by atoms with Gasteiger partial charge in [0, 0.05) is 28.6 Å². The van der Waals surface area contributed by atoms with Crippen molar-refractivity contribution < 1.29 is 8.78 Å². The Bertz CT molecular complexity index is 862. The van der Waals surface area contributed by atoms with Gasteiger partial charge in [0.1, 0.15) is 11.5 Å². The predicted molar refractivity (Wildman–Crippen MR) is 110 cm³/mol. The molecule has 0 aliphatic rings. The molecular formula is C18H23F2N7S. The number of nitrogens with one attached hydrogen (secondary N) is 1. The molecule has 2 aromatic rings. The minimum absolute atomic E-state index is 0.244. The second-order valence-corrected chi connectivity index (χ2v) is 6.71. The van der Waals surface area contributed by atoms with Gasteiger partial charge >= 0.3 is 0 Å². The van der Waals surface area contributed by atoms with Gasteiger partial charge in [-0.3, -0.25) is 5.84 Å². The summed E-state index contributed by atoms with van der Waals surface area (Å²) in [7, 11) is 0. The number of anilines is 2. The minimum Gasteiger partial charge on any atom is -0.384 e. The number of halogens is 2. The summed E-state index contributed by atoms with van der Waals surface area (Å²) in [5, 5.41) is 3.99. The molecule has 0 unspecified atom stereocenters. The van der Waals surface area contributed by atoms with Crippen LogP contribution in [0.25, 0.3) is 0 Å². The van der Waals surface area contributed by atoms with Gasteiger partial charge in [0.2, 0.25) is 0 Å². The number of hydrogen-bond donors (Lipinski definition) is 3. The Balaban J connectivity index is 2.27. The van der Waals surface area contributed by atoms with Crippen LogP contribution in [0.3, 0.4) is 0 Å². The van der Waals surface area contributed by atoms with E-state index in [0.717, 1.165) is 12.8 Å². The molecular weight excluding hydrogens is 384 g/mol. The highest BCUT2D eigenvalue weighted by Crippen LogP contribution is 2.32. The summed E-state index contributed by atoms with van der Waals surface area (Å²) in [5.41, 5.74) is 8.84. The smallest absolute Gasteiger partial charge is 0.282 e. The molecule has 0 saturated heterocycles. The number of hydrogen-bond acceptors (Lipinski definition) is 7. The average Bonchev–Trinajstić information content (AvgIpc) is 3.11. The van der Waals surface area contributed by atoms with Crippen LogP contribution in [-0.4, -0.2) is 20.6 Å². The number of alkyl halides is 2. The third-order valence-corrected chi connectivity index (χ3v) is 4.74. The van der Waals surface area contributed by atoms with Gasteiger partial charge in [-0.1, -0.05) is 26.0 Å². The highest BCUT2D eigenvalue weighted by Gasteiger charge is 2.20. The zero-order valence-electron chi connectivity index (χ0n) is 15.5. The molecule has 2 heterocycles. The van der Waals surface area contributed by atoms with Crippen LogP contribution in [0.2, 0.25) is 0 Å². The average molecular weight is 407 g/mol.